The third-order valence-corrected chi connectivity index (χ3v) is 5.53. The lowest BCUT2D eigenvalue weighted by Crippen LogP contribution is -2.54. The summed E-state index contributed by atoms with van der Waals surface area (Å²) in [6, 6.07) is 0. The number of quaternary nitrogens is 1. The molecule has 1 atom stereocenters. The minimum atomic E-state index is -0.952. The van der Waals surface area contributed by atoms with Crippen molar-refractivity contribution in [3.05, 3.63) is 12.7 Å². The van der Waals surface area contributed by atoms with Gasteiger partial charge in [-0.05, 0) is 64.2 Å². The van der Waals surface area contributed by atoms with Gasteiger partial charge in [0.25, 0.3) is 0 Å². The molecule has 0 saturated carbocycles. The van der Waals surface area contributed by atoms with Crippen LogP contribution in [0.5, 0.6) is 0 Å². The van der Waals surface area contributed by atoms with Gasteiger partial charge in [-0.2, -0.15) is 0 Å². The molecule has 0 bridgehead atoms. The summed E-state index contributed by atoms with van der Waals surface area (Å²) in [6.45, 7) is 12.2. The summed E-state index contributed by atoms with van der Waals surface area (Å²) in [7, 11) is 0. The number of hydrogen-bond acceptors (Lipinski definition) is 3. The van der Waals surface area contributed by atoms with Gasteiger partial charge in [0.1, 0.15) is 12.6 Å². The molecule has 4 nitrogen and oxygen atoms in total. The van der Waals surface area contributed by atoms with Crippen molar-refractivity contribution in [3.8, 4) is 0 Å². The zero-order chi connectivity index (χ0) is 20.4. The van der Waals surface area contributed by atoms with Gasteiger partial charge in [0.15, 0.2) is 0 Å². The van der Waals surface area contributed by atoms with E-state index in [1.54, 1.807) is 0 Å². The highest BCUT2D eigenvalue weighted by Gasteiger charge is 2.29. The Hall–Kier alpha value is -0.870. The zero-order valence-electron chi connectivity index (χ0n) is 18.1. The minimum absolute atomic E-state index is 0.147. The Morgan fingerprint density at radius 2 is 1.52 bits per heavy atom. The average Bonchev–Trinajstić information content (AvgIpc) is 2.63. The number of aliphatic carboxylic acids is 1. The topological polar surface area (TPSA) is 60.4 Å². The lowest BCUT2D eigenvalue weighted by atomic mass is 10.1. The highest BCUT2D eigenvalue weighted by atomic mass is 16.4. The summed E-state index contributed by atoms with van der Waals surface area (Å²) in [4.78, 5) is 10.7. The Morgan fingerprint density at radius 3 is 2.00 bits per heavy atom. The summed E-state index contributed by atoms with van der Waals surface area (Å²) >= 11 is 0. The van der Waals surface area contributed by atoms with Crippen LogP contribution < -0.4 is 5.11 Å². The van der Waals surface area contributed by atoms with Gasteiger partial charge in [-0.15, -0.1) is 6.58 Å². The second-order valence-corrected chi connectivity index (χ2v) is 8.17. The maximum atomic E-state index is 10.7. The average molecular weight is 384 g/mol. The van der Waals surface area contributed by atoms with Crippen molar-refractivity contribution in [2.24, 2.45) is 0 Å². The van der Waals surface area contributed by atoms with Gasteiger partial charge < -0.3 is 19.5 Å². The van der Waals surface area contributed by atoms with Crippen molar-refractivity contribution in [1.29, 1.82) is 0 Å². The molecule has 0 aromatic carbocycles. The monoisotopic (exact) mass is 383 g/mol. The predicted molar refractivity (Wildman–Crippen MR) is 112 cm³/mol. The molecule has 0 amide bonds. The second kappa shape index (κ2) is 17.2. The van der Waals surface area contributed by atoms with Crippen molar-refractivity contribution in [2.45, 2.75) is 103 Å². The SMILES string of the molecule is C=CCCCCC(O)C[N+](CCCCC)(CCCCC)CCCCC(=O)[O-]. The van der Waals surface area contributed by atoms with Crippen molar-refractivity contribution >= 4 is 5.97 Å². The van der Waals surface area contributed by atoms with Gasteiger partial charge >= 0.3 is 0 Å². The molecule has 4 heteroatoms. The van der Waals surface area contributed by atoms with E-state index < -0.39 is 5.97 Å². The number of carboxylic acids is 1. The molecule has 0 rings (SSSR count). The van der Waals surface area contributed by atoms with Crippen molar-refractivity contribution in [3.63, 3.8) is 0 Å². The Balaban J connectivity index is 4.85. The van der Waals surface area contributed by atoms with Crippen LogP contribution in [-0.4, -0.2) is 47.8 Å². The summed E-state index contributed by atoms with van der Waals surface area (Å²) in [6.07, 6.45) is 14.6. The lowest BCUT2D eigenvalue weighted by molar-refractivity contribution is -0.931. The van der Waals surface area contributed by atoms with E-state index in [0.717, 1.165) is 62.8 Å². The van der Waals surface area contributed by atoms with Gasteiger partial charge in [-0.25, -0.2) is 0 Å². The van der Waals surface area contributed by atoms with Gasteiger partial charge in [0, 0.05) is 5.97 Å². The van der Waals surface area contributed by atoms with Gasteiger partial charge in [-0.1, -0.05) is 39.2 Å². The summed E-state index contributed by atoms with van der Waals surface area (Å²) in [5, 5.41) is 21.4. The van der Waals surface area contributed by atoms with E-state index in [1.807, 2.05) is 6.08 Å². The molecular formula is C23H45NO3. The van der Waals surface area contributed by atoms with Crippen LogP contribution in [0.3, 0.4) is 0 Å². The summed E-state index contributed by atoms with van der Waals surface area (Å²) < 4.78 is 0.954. The minimum Gasteiger partial charge on any atom is -0.550 e. The standard InChI is InChI=1S/C23H45NO3/c1-4-7-10-11-16-22(25)21-24(18-13-8-5-2,19-14-9-6-3)20-15-12-17-23(26)27/h4,22,25H,1,5-21H2,2-3H3. The van der Waals surface area contributed by atoms with Crippen LogP contribution in [0.4, 0.5) is 0 Å². The smallest absolute Gasteiger partial charge is 0.105 e. The molecule has 0 radical (unpaired) electrons. The quantitative estimate of drug-likeness (QED) is 0.195. The van der Waals surface area contributed by atoms with Crippen LogP contribution >= 0.6 is 0 Å². The first-order chi connectivity index (χ1) is 13.0. The third kappa shape index (κ3) is 14.8. The number of carboxylic acid groups (broad SMARTS) is 1. The van der Waals surface area contributed by atoms with E-state index in [-0.39, 0.29) is 12.5 Å². The highest BCUT2D eigenvalue weighted by Crippen LogP contribution is 2.19. The van der Waals surface area contributed by atoms with Gasteiger partial charge in [0.05, 0.1) is 19.6 Å². The van der Waals surface area contributed by atoms with Crippen molar-refractivity contribution in [2.75, 3.05) is 26.2 Å². The van der Waals surface area contributed by atoms with Gasteiger partial charge in [-0.3, -0.25) is 0 Å². The molecule has 0 aromatic heterocycles. The van der Waals surface area contributed by atoms with Crippen LogP contribution in [0.2, 0.25) is 0 Å². The van der Waals surface area contributed by atoms with Crippen molar-refractivity contribution < 1.29 is 19.5 Å². The van der Waals surface area contributed by atoms with E-state index in [2.05, 4.69) is 20.4 Å². The van der Waals surface area contributed by atoms with Crippen LogP contribution in [-0.2, 0) is 4.79 Å². The number of nitrogens with zero attached hydrogens (tertiary/aromatic N) is 1. The van der Waals surface area contributed by atoms with Crippen LogP contribution in [0.15, 0.2) is 12.7 Å². The van der Waals surface area contributed by atoms with Crippen molar-refractivity contribution in [1.82, 2.24) is 0 Å². The number of aliphatic hydroxyl groups excluding tert-OH is 1. The first kappa shape index (κ1) is 26.1. The molecular weight excluding hydrogens is 338 g/mol. The number of hydrogen-bond donors (Lipinski definition) is 1. The molecule has 0 aliphatic rings. The Bertz CT molecular complexity index is 361. The van der Waals surface area contributed by atoms with E-state index in [1.165, 1.54) is 38.5 Å². The zero-order valence-corrected chi connectivity index (χ0v) is 18.1. The molecule has 1 unspecified atom stereocenters. The van der Waals surface area contributed by atoms with Crippen LogP contribution in [0.1, 0.15) is 97.3 Å². The van der Waals surface area contributed by atoms with E-state index >= 15 is 0 Å². The summed E-state index contributed by atoms with van der Waals surface area (Å²) in [5.74, 6) is -0.952. The molecule has 0 aliphatic heterocycles. The van der Waals surface area contributed by atoms with E-state index in [4.69, 9.17) is 0 Å². The normalized spacial score (nSPS) is 12.9. The van der Waals surface area contributed by atoms with E-state index in [9.17, 15) is 15.0 Å². The number of unbranched alkanes of at least 4 members (excludes halogenated alkanes) is 7. The first-order valence-electron chi connectivity index (χ1n) is 11.3. The largest absolute Gasteiger partial charge is 0.550 e. The molecule has 160 valence electrons. The second-order valence-electron chi connectivity index (χ2n) is 8.17. The fourth-order valence-corrected chi connectivity index (χ4v) is 3.93. The predicted octanol–water partition coefficient (Wildman–Crippen LogP) is 4.21. The van der Waals surface area contributed by atoms with Gasteiger partial charge in [0.2, 0.25) is 0 Å². The molecule has 1 N–H and O–H groups in total. The number of carbonyl (C=O) groups is 1. The number of rotatable bonds is 20. The molecule has 0 heterocycles. The first-order valence-corrected chi connectivity index (χ1v) is 11.3. The van der Waals surface area contributed by atoms with Crippen LogP contribution in [0, 0.1) is 0 Å². The Labute approximate surface area is 168 Å². The number of aliphatic hydroxyl groups is 1. The Morgan fingerprint density at radius 1 is 0.963 bits per heavy atom. The molecule has 0 fully saturated rings. The molecule has 27 heavy (non-hydrogen) atoms. The van der Waals surface area contributed by atoms with E-state index in [0.29, 0.717) is 6.42 Å². The Kier molecular flexibility index (Phi) is 16.7. The van der Waals surface area contributed by atoms with Crippen LogP contribution in [0.25, 0.3) is 0 Å². The summed E-state index contributed by atoms with van der Waals surface area (Å²) in [5.41, 5.74) is 0. The number of carbonyl (C=O) groups excluding carboxylic acids is 1. The lowest BCUT2D eigenvalue weighted by Gasteiger charge is -2.41. The third-order valence-electron chi connectivity index (χ3n) is 5.53. The molecule has 0 aliphatic carbocycles. The molecule has 0 spiro atoms. The highest BCUT2D eigenvalue weighted by molar-refractivity contribution is 5.64. The number of allylic oxidation sites excluding steroid dienone is 1. The maximum absolute atomic E-state index is 10.7. The molecule has 0 aromatic rings. The maximum Gasteiger partial charge on any atom is 0.105 e. The fraction of sp³-hybridized carbons (Fsp3) is 0.870. The molecule has 0 saturated heterocycles. The fourth-order valence-electron chi connectivity index (χ4n) is 3.93.